The third-order valence-electron chi connectivity index (χ3n) is 10.9. The number of hydrogen-bond donors (Lipinski definition) is 6. The average Bonchev–Trinajstić information content (AvgIpc) is 3.14. The van der Waals surface area contributed by atoms with Gasteiger partial charge in [0.2, 0.25) is 0 Å². The highest BCUT2D eigenvalue weighted by Crippen LogP contribution is 2.36. The van der Waals surface area contributed by atoms with E-state index in [4.69, 9.17) is 0 Å². The predicted molar refractivity (Wildman–Crippen MR) is 214 cm³/mol. The standard InChI is InChI=1S/C44H50N6/c1-43(49-25-36-17-16-33-15-14-31-10-7-11-32-18-19-39(36)42(33)41(31)32)27-45-20-22-47-29-44(2,30-48-23-21-46-28-43)50-26-40-37-12-5-3-8-34(37)24-35-9-4-6-13-38(35)40/h3-19,24,45-50H,20-23,25-30H2,1-2H3. The summed E-state index contributed by atoms with van der Waals surface area (Å²) in [6.45, 7) is 13.5. The van der Waals surface area contributed by atoms with E-state index in [0.29, 0.717) is 0 Å². The summed E-state index contributed by atoms with van der Waals surface area (Å²) in [6.07, 6.45) is 0. The second-order valence-electron chi connectivity index (χ2n) is 14.9. The molecule has 1 heterocycles. The maximum Gasteiger partial charge on any atom is 0.0406 e. The molecule has 256 valence electrons. The van der Waals surface area contributed by atoms with Crippen LogP contribution in [0.1, 0.15) is 25.0 Å². The Kier molecular flexibility index (Phi) is 9.40. The van der Waals surface area contributed by atoms with Crippen molar-refractivity contribution in [2.75, 3.05) is 52.4 Å². The molecule has 1 aliphatic rings. The maximum atomic E-state index is 3.98. The Morgan fingerprint density at radius 3 is 1.50 bits per heavy atom. The lowest BCUT2D eigenvalue weighted by molar-refractivity contribution is 0.296. The smallest absolute Gasteiger partial charge is 0.0406 e. The molecule has 0 spiro atoms. The predicted octanol–water partition coefficient (Wildman–Crippen LogP) is 6.66. The van der Waals surface area contributed by atoms with Crippen LogP contribution in [0.2, 0.25) is 0 Å². The van der Waals surface area contributed by atoms with Gasteiger partial charge in [-0.05, 0) is 84.9 Å². The molecule has 1 aliphatic heterocycles. The van der Waals surface area contributed by atoms with Crippen molar-refractivity contribution in [2.45, 2.75) is 38.0 Å². The van der Waals surface area contributed by atoms with Crippen molar-refractivity contribution in [3.8, 4) is 0 Å². The van der Waals surface area contributed by atoms with Gasteiger partial charge in [0.25, 0.3) is 0 Å². The Morgan fingerprint density at radius 1 is 0.460 bits per heavy atom. The van der Waals surface area contributed by atoms with Crippen LogP contribution in [0.25, 0.3) is 53.9 Å². The zero-order chi connectivity index (χ0) is 34.0. The van der Waals surface area contributed by atoms with Crippen molar-refractivity contribution >= 4 is 53.9 Å². The lowest BCUT2D eigenvalue weighted by Gasteiger charge is -2.34. The monoisotopic (exact) mass is 662 g/mol. The molecule has 1 fully saturated rings. The summed E-state index contributed by atoms with van der Waals surface area (Å²) < 4.78 is 0. The van der Waals surface area contributed by atoms with Crippen molar-refractivity contribution in [3.63, 3.8) is 0 Å². The van der Waals surface area contributed by atoms with Crippen LogP contribution >= 0.6 is 0 Å². The number of fused-ring (bicyclic) bond motifs is 2. The molecule has 0 radical (unpaired) electrons. The first kappa shape index (κ1) is 33.0. The summed E-state index contributed by atoms with van der Waals surface area (Å²) in [6, 6.07) is 40.2. The number of hydrogen-bond acceptors (Lipinski definition) is 6. The fraction of sp³-hybridized carbons (Fsp3) is 0.318. The van der Waals surface area contributed by atoms with E-state index in [2.05, 4.69) is 155 Å². The summed E-state index contributed by atoms with van der Waals surface area (Å²) in [4.78, 5) is 0. The Labute approximate surface area is 295 Å². The quantitative estimate of drug-likeness (QED) is 0.0885. The van der Waals surface area contributed by atoms with Gasteiger partial charge in [0, 0.05) is 76.5 Å². The van der Waals surface area contributed by atoms with E-state index >= 15 is 0 Å². The minimum absolute atomic E-state index is 0.106. The van der Waals surface area contributed by atoms with E-state index in [9.17, 15) is 0 Å². The van der Waals surface area contributed by atoms with E-state index < -0.39 is 0 Å². The molecule has 0 aromatic heterocycles. The molecule has 0 atom stereocenters. The molecule has 1 saturated heterocycles. The summed E-state index contributed by atoms with van der Waals surface area (Å²) in [5.74, 6) is 0. The zero-order valence-corrected chi connectivity index (χ0v) is 29.5. The maximum absolute atomic E-state index is 3.98. The van der Waals surface area contributed by atoms with Crippen LogP contribution in [0.15, 0.2) is 109 Å². The van der Waals surface area contributed by atoms with Crippen LogP contribution in [-0.2, 0) is 13.1 Å². The van der Waals surface area contributed by atoms with E-state index in [1.165, 1.54) is 65.0 Å². The molecule has 8 rings (SSSR count). The average molecular weight is 663 g/mol. The van der Waals surface area contributed by atoms with Gasteiger partial charge in [0.1, 0.15) is 0 Å². The van der Waals surface area contributed by atoms with Gasteiger partial charge in [0.05, 0.1) is 0 Å². The van der Waals surface area contributed by atoms with Crippen LogP contribution in [0, 0.1) is 0 Å². The highest BCUT2D eigenvalue weighted by Gasteiger charge is 2.26. The molecule has 6 N–H and O–H groups in total. The number of nitrogens with one attached hydrogen (secondary N) is 6. The molecule has 7 aromatic carbocycles. The molecule has 6 nitrogen and oxygen atoms in total. The minimum atomic E-state index is -0.112. The molecule has 0 aliphatic carbocycles. The van der Waals surface area contributed by atoms with Gasteiger partial charge in [0.15, 0.2) is 0 Å². The molecule has 7 aromatic rings. The second kappa shape index (κ2) is 14.2. The normalized spacial score (nSPS) is 21.7. The Hall–Kier alpha value is -4.14. The topological polar surface area (TPSA) is 72.2 Å². The minimum Gasteiger partial charge on any atom is -0.314 e. The van der Waals surface area contributed by atoms with Gasteiger partial charge >= 0.3 is 0 Å². The third kappa shape index (κ3) is 6.80. The summed E-state index contributed by atoms with van der Waals surface area (Å²) in [5, 5.41) is 36.3. The highest BCUT2D eigenvalue weighted by molar-refractivity contribution is 6.23. The van der Waals surface area contributed by atoms with Crippen LogP contribution < -0.4 is 31.9 Å². The van der Waals surface area contributed by atoms with E-state index in [1.807, 2.05) is 0 Å². The fourth-order valence-electron chi connectivity index (χ4n) is 8.04. The van der Waals surface area contributed by atoms with Crippen molar-refractivity contribution in [3.05, 3.63) is 120 Å². The number of benzene rings is 7. The summed E-state index contributed by atoms with van der Waals surface area (Å²) in [5.41, 5.74) is 2.50. The van der Waals surface area contributed by atoms with Crippen LogP contribution in [0.5, 0.6) is 0 Å². The Morgan fingerprint density at radius 2 is 0.920 bits per heavy atom. The summed E-state index contributed by atoms with van der Waals surface area (Å²) in [7, 11) is 0. The first-order chi connectivity index (χ1) is 24.5. The first-order valence-electron chi connectivity index (χ1n) is 18.4. The largest absolute Gasteiger partial charge is 0.314 e. The SMILES string of the molecule is CC1(NCc2c3ccccc3cc3ccccc23)CNCCNCC(C)(NCc2ccc3ccc4cccc5ccc2c3c45)CNCCNC1. The zero-order valence-electron chi connectivity index (χ0n) is 29.5. The van der Waals surface area contributed by atoms with Crippen LogP contribution in [0.4, 0.5) is 0 Å². The van der Waals surface area contributed by atoms with Gasteiger partial charge in [-0.25, -0.2) is 0 Å². The molecule has 50 heavy (non-hydrogen) atoms. The van der Waals surface area contributed by atoms with Gasteiger partial charge in [-0.2, -0.15) is 0 Å². The lowest BCUT2D eigenvalue weighted by atomic mass is 9.91. The molecule has 0 saturated carbocycles. The molecule has 0 unspecified atom stereocenters. The van der Waals surface area contributed by atoms with E-state index in [0.717, 1.165) is 65.4 Å². The fourth-order valence-corrected chi connectivity index (χ4v) is 8.04. The van der Waals surface area contributed by atoms with Crippen LogP contribution in [0.3, 0.4) is 0 Å². The molecule has 0 bridgehead atoms. The van der Waals surface area contributed by atoms with Gasteiger partial charge < -0.3 is 31.9 Å². The Balaban J connectivity index is 0.917. The van der Waals surface area contributed by atoms with Gasteiger partial charge in [-0.1, -0.05) is 103 Å². The molecule has 6 heteroatoms. The highest BCUT2D eigenvalue weighted by atomic mass is 15.1. The van der Waals surface area contributed by atoms with E-state index in [-0.39, 0.29) is 11.1 Å². The van der Waals surface area contributed by atoms with Crippen molar-refractivity contribution < 1.29 is 0 Å². The number of rotatable bonds is 6. The van der Waals surface area contributed by atoms with Gasteiger partial charge in [-0.15, -0.1) is 0 Å². The van der Waals surface area contributed by atoms with Crippen molar-refractivity contribution in [1.29, 1.82) is 0 Å². The molecular weight excluding hydrogens is 613 g/mol. The lowest BCUT2D eigenvalue weighted by Crippen LogP contribution is -2.59. The van der Waals surface area contributed by atoms with E-state index in [1.54, 1.807) is 0 Å². The first-order valence-corrected chi connectivity index (χ1v) is 18.4. The Bertz CT molecular complexity index is 2160. The molecular formula is C44H50N6. The third-order valence-corrected chi connectivity index (χ3v) is 10.9. The second-order valence-corrected chi connectivity index (χ2v) is 14.9. The van der Waals surface area contributed by atoms with Crippen LogP contribution in [-0.4, -0.2) is 63.4 Å². The van der Waals surface area contributed by atoms with Crippen molar-refractivity contribution in [2.24, 2.45) is 0 Å². The molecule has 0 amide bonds. The summed E-state index contributed by atoms with van der Waals surface area (Å²) >= 11 is 0. The van der Waals surface area contributed by atoms with Gasteiger partial charge in [-0.3, -0.25) is 0 Å². The van der Waals surface area contributed by atoms with Crippen molar-refractivity contribution in [1.82, 2.24) is 31.9 Å².